The van der Waals surface area contributed by atoms with E-state index in [0.717, 1.165) is 17.7 Å². The number of aliphatic hydroxyl groups excluding tert-OH is 1. The van der Waals surface area contributed by atoms with Crippen LogP contribution in [0.25, 0.3) is 0 Å². The summed E-state index contributed by atoms with van der Waals surface area (Å²) in [4.78, 5) is 0. The van der Waals surface area contributed by atoms with Crippen molar-refractivity contribution in [1.29, 1.82) is 0 Å². The van der Waals surface area contributed by atoms with Crippen LogP contribution in [0.5, 0.6) is 5.75 Å². The fourth-order valence-electron chi connectivity index (χ4n) is 2.59. The first kappa shape index (κ1) is 14.0. The number of methoxy groups -OCH3 is 1. The molecule has 0 radical (unpaired) electrons. The summed E-state index contributed by atoms with van der Waals surface area (Å²) in [7, 11) is 1.70. The van der Waals surface area contributed by atoms with E-state index in [1.807, 2.05) is 6.92 Å². The van der Waals surface area contributed by atoms with Crippen molar-refractivity contribution < 1.29 is 9.84 Å². The molecule has 1 rings (SSSR count). The standard InChI is InChI=1S/C15H24O2/c1-10-8-14(17-6)11(2)7-13(10)15(4,5)9-12(3)16/h7-8,12,16H,9H2,1-6H3. The average Bonchev–Trinajstić information content (AvgIpc) is 2.18. The molecule has 0 fully saturated rings. The Kier molecular flexibility index (Phi) is 4.21. The van der Waals surface area contributed by atoms with Gasteiger partial charge in [-0.05, 0) is 55.4 Å². The molecule has 1 N–H and O–H groups in total. The Morgan fingerprint density at radius 1 is 1.24 bits per heavy atom. The largest absolute Gasteiger partial charge is 0.496 e. The summed E-state index contributed by atoms with van der Waals surface area (Å²) >= 11 is 0. The van der Waals surface area contributed by atoms with Crippen molar-refractivity contribution in [3.8, 4) is 5.75 Å². The lowest BCUT2D eigenvalue weighted by molar-refractivity contribution is 0.156. The van der Waals surface area contributed by atoms with Gasteiger partial charge in [0.2, 0.25) is 0 Å². The minimum Gasteiger partial charge on any atom is -0.496 e. The number of aryl methyl sites for hydroxylation is 2. The summed E-state index contributed by atoms with van der Waals surface area (Å²) in [6, 6.07) is 4.25. The monoisotopic (exact) mass is 236 g/mol. The SMILES string of the molecule is COc1cc(C)c(C(C)(C)CC(C)O)cc1C. The third kappa shape index (κ3) is 3.22. The molecule has 1 unspecified atom stereocenters. The number of rotatable bonds is 4. The molecule has 0 saturated carbocycles. The van der Waals surface area contributed by atoms with Gasteiger partial charge in [-0.2, -0.15) is 0 Å². The molecule has 0 aromatic heterocycles. The second-order valence-electron chi connectivity index (χ2n) is 5.57. The Balaban J connectivity index is 3.18. The van der Waals surface area contributed by atoms with Gasteiger partial charge in [0.15, 0.2) is 0 Å². The first-order valence-electron chi connectivity index (χ1n) is 6.11. The van der Waals surface area contributed by atoms with Gasteiger partial charge in [-0.1, -0.05) is 19.9 Å². The number of hydrogen-bond acceptors (Lipinski definition) is 2. The first-order chi connectivity index (χ1) is 7.77. The van der Waals surface area contributed by atoms with Crippen LogP contribution in [-0.4, -0.2) is 18.3 Å². The molecular formula is C15H24O2. The highest BCUT2D eigenvalue weighted by Gasteiger charge is 2.25. The van der Waals surface area contributed by atoms with Crippen molar-refractivity contribution in [2.45, 2.75) is 52.6 Å². The van der Waals surface area contributed by atoms with Gasteiger partial charge in [0.1, 0.15) is 5.75 Å². The molecule has 0 saturated heterocycles. The minimum absolute atomic E-state index is 0.0186. The van der Waals surface area contributed by atoms with Gasteiger partial charge in [0, 0.05) is 0 Å². The molecule has 96 valence electrons. The van der Waals surface area contributed by atoms with Crippen LogP contribution in [0.1, 0.15) is 43.9 Å². The molecule has 0 spiro atoms. The zero-order chi connectivity index (χ0) is 13.2. The third-order valence-electron chi connectivity index (χ3n) is 3.28. The quantitative estimate of drug-likeness (QED) is 0.868. The molecule has 0 aliphatic rings. The minimum atomic E-state index is -0.285. The summed E-state index contributed by atoms with van der Waals surface area (Å²) in [5, 5.41) is 9.59. The summed E-state index contributed by atoms with van der Waals surface area (Å²) in [6.45, 7) is 10.3. The lowest BCUT2D eigenvalue weighted by Gasteiger charge is -2.29. The van der Waals surface area contributed by atoms with Gasteiger partial charge in [-0.3, -0.25) is 0 Å². The Morgan fingerprint density at radius 3 is 2.29 bits per heavy atom. The van der Waals surface area contributed by atoms with E-state index in [9.17, 15) is 5.11 Å². The van der Waals surface area contributed by atoms with Gasteiger partial charge >= 0.3 is 0 Å². The van der Waals surface area contributed by atoms with Crippen LogP contribution in [0.4, 0.5) is 0 Å². The van der Waals surface area contributed by atoms with E-state index in [4.69, 9.17) is 4.74 Å². The maximum atomic E-state index is 9.59. The number of hydrogen-bond donors (Lipinski definition) is 1. The number of ether oxygens (including phenoxy) is 1. The highest BCUT2D eigenvalue weighted by Crippen LogP contribution is 2.34. The van der Waals surface area contributed by atoms with Crippen molar-refractivity contribution in [3.63, 3.8) is 0 Å². The van der Waals surface area contributed by atoms with E-state index in [2.05, 4.69) is 39.8 Å². The fraction of sp³-hybridized carbons (Fsp3) is 0.600. The van der Waals surface area contributed by atoms with Crippen LogP contribution < -0.4 is 4.74 Å². The predicted octanol–water partition coefficient (Wildman–Crippen LogP) is 3.36. The van der Waals surface area contributed by atoms with Crippen molar-refractivity contribution in [2.75, 3.05) is 7.11 Å². The Bertz CT molecular complexity index is 392. The Hall–Kier alpha value is -1.02. The predicted molar refractivity (Wildman–Crippen MR) is 71.8 cm³/mol. The van der Waals surface area contributed by atoms with E-state index in [1.54, 1.807) is 7.11 Å². The van der Waals surface area contributed by atoms with E-state index in [1.165, 1.54) is 11.1 Å². The maximum Gasteiger partial charge on any atom is 0.122 e. The van der Waals surface area contributed by atoms with Crippen LogP contribution in [0.15, 0.2) is 12.1 Å². The van der Waals surface area contributed by atoms with Gasteiger partial charge in [-0.15, -0.1) is 0 Å². The van der Waals surface area contributed by atoms with Crippen molar-refractivity contribution in [2.24, 2.45) is 0 Å². The average molecular weight is 236 g/mol. The highest BCUT2D eigenvalue weighted by molar-refractivity contribution is 5.44. The maximum absolute atomic E-state index is 9.59. The summed E-state index contributed by atoms with van der Waals surface area (Å²) < 4.78 is 5.33. The van der Waals surface area contributed by atoms with E-state index < -0.39 is 0 Å². The third-order valence-corrected chi connectivity index (χ3v) is 3.28. The van der Waals surface area contributed by atoms with E-state index >= 15 is 0 Å². The molecule has 0 aliphatic heterocycles. The number of aliphatic hydroxyl groups is 1. The van der Waals surface area contributed by atoms with Crippen molar-refractivity contribution in [1.82, 2.24) is 0 Å². The zero-order valence-electron chi connectivity index (χ0n) is 11.8. The lowest BCUT2D eigenvalue weighted by Crippen LogP contribution is -2.24. The van der Waals surface area contributed by atoms with Crippen molar-refractivity contribution in [3.05, 3.63) is 28.8 Å². The van der Waals surface area contributed by atoms with E-state index in [0.29, 0.717) is 0 Å². The second-order valence-corrected chi connectivity index (χ2v) is 5.57. The van der Waals surface area contributed by atoms with Crippen LogP contribution in [0.2, 0.25) is 0 Å². The smallest absolute Gasteiger partial charge is 0.122 e. The van der Waals surface area contributed by atoms with Gasteiger partial charge in [0.05, 0.1) is 13.2 Å². The van der Waals surface area contributed by atoms with Crippen LogP contribution in [0, 0.1) is 13.8 Å². The Labute approximate surface area is 105 Å². The topological polar surface area (TPSA) is 29.5 Å². The van der Waals surface area contributed by atoms with Crippen molar-refractivity contribution >= 4 is 0 Å². The molecule has 0 aliphatic carbocycles. The van der Waals surface area contributed by atoms with Gasteiger partial charge in [0.25, 0.3) is 0 Å². The summed E-state index contributed by atoms with van der Waals surface area (Å²) in [6.07, 6.45) is 0.478. The van der Waals surface area contributed by atoms with Gasteiger partial charge in [-0.25, -0.2) is 0 Å². The number of benzene rings is 1. The highest BCUT2D eigenvalue weighted by atomic mass is 16.5. The summed E-state index contributed by atoms with van der Waals surface area (Å²) in [5.74, 6) is 0.930. The summed E-state index contributed by atoms with van der Waals surface area (Å²) in [5.41, 5.74) is 3.64. The molecular weight excluding hydrogens is 212 g/mol. The van der Waals surface area contributed by atoms with Crippen LogP contribution in [0.3, 0.4) is 0 Å². The van der Waals surface area contributed by atoms with E-state index in [-0.39, 0.29) is 11.5 Å². The molecule has 17 heavy (non-hydrogen) atoms. The Morgan fingerprint density at radius 2 is 1.82 bits per heavy atom. The lowest BCUT2D eigenvalue weighted by atomic mass is 9.77. The molecule has 0 bridgehead atoms. The second kappa shape index (κ2) is 5.09. The fourth-order valence-corrected chi connectivity index (χ4v) is 2.59. The van der Waals surface area contributed by atoms with Crippen LogP contribution >= 0.6 is 0 Å². The molecule has 2 heteroatoms. The first-order valence-corrected chi connectivity index (χ1v) is 6.11. The molecule has 1 aromatic rings. The normalized spacial score (nSPS) is 13.6. The van der Waals surface area contributed by atoms with Gasteiger partial charge < -0.3 is 9.84 Å². The zero-order valence-corrected chi connectivity index (χ0v) is 11.8. The molecule has 1 atom stereocenters. The molecule has 2 nitrogen and oxygen atoms in total. The molecule has 1 aromatic carbocycles. The molecule has 0 heterocycles. The van der Waals surface area contributed by atoms with Crippen LogP contribution in [-0.2, 0) is 5.41 Å². The molecule has 0 amide bonds.